The number of aromatic nitrogens is 4. The number of rotatable bonds is 6. The van der Waals surface area contributed by atoms with Gasteiger partial charge in [-0.15, -0.1) is 0 Å². The lowest BCUT2D eigenvalue weighted by molar-refractivity contribution is 0.263. The molecule has 2 aliphatic heterocycles. The van der Waals surface area contributed by atoms with E-state index in [4.69, 9.17) is 4.98 Å². The second kappa shape index (κ2) is 9.23. The van der Waals surface area contributed by atoms with Crippen LogP contribution in [0.25, 0.3) is 22.3 Å². The molecule has 4 unspecified atom stereocenters. The van der Waals surface area contributed by atoms with Crippen LogP contribution >= 0.6 is 0 Å². The molecule has 8 heteroatoms. The number of nitrogens with zero attached hydrogens (tertiary/aromatic N) is 3. The van der Waals surface area contributed by atoms with Crippen LogP contribution in [-0.2, 0) is 6.54 Å². The molecule has 2 aliphatic rings. The quantitative estimate of drug-likeness (QED) is 0.305. The Hall–Kier alpha value is -3.17. The summed E-state index contributed by atoms with van der Waals surface area (Å²) in [4.78, 5) is 17.7. The number of imidazole rings is 1. The molecule has 0 saturated carbocycles. The monoisotopic (exact) mass is 454 g/mol. The molecule has 0 amide bonds. The van der Waals surface area contributed by atoms with Crippen LogP contribution < -0.4 is 21.5 Å². The molecule has 4 atom stereocenters. The van der Waals surface area contributed by atoms with E-state index in [0.717, 1.165) is 54.2 Å². The lowest BCUT2D eigenvalue weighted by Gasteiger charge is -2.34. The van der Waals surface area contributed by atoms with Gasteiger partial charge < -0.3 is 15.6 Å². The molecule has 8 nitrogen and oxygen atoms in total. The number of piperidine rings is 1. The number of pyridine rings is 2. The topological polar surface area (TPSA) is 103 Å². The van der Waals surface area contributed by atoms with E-state index in [0.29, 0.717) is 12.0 Å². The van der Waals surface area contributed by atoms with Crippen LogP contribution in [0.2, 0.25) is 0 Å². The second-order valence-electron chi connectivity index (χ2n) is 9.18. The Bertz CT molecular complexity index is 1270. The molecule has 34 heavy (non-hydrogen) atoms. The van der Waals surface area contributed by atoms with Gasteiger partial charge in [0.1, 0.15) is 5.82 Å². The van der Waals surface area contributed by atoms with Crippen molar-refractivity contribution in [2.24, 2.45) is 5.92 Å². The van der Waals surface area contributed by atoms with Gasteiger partial charge in [0.2, 0.25) is 0 Å². The van der Waals surface area contributed by atoms with E-state index < -0.39 is 0 Å². The first-order valence-electron chi connectivity index (χ1n) is 12.1. The van der Waals surface area contributed by atoms with Gasteiger partial charge in [0.15, 0.2) is 0 Å². The summed E-state index contributed by atoms with van der Waals surface area (Å²) in [6.45, 7) is 4.82. The third-order valence-electron chi connectivity index (χ3n) is 7.03. The van der Waals surface area contributed by atoms with Crippen LogP contribution in [0.4, 0.5) is 0 Å². The van der Waals surface area contributed by atoms with Gasteiger partial charge in [-0.2, -0.15) is 0 Å². The maximum Gasteiger partial charge on any atom is 0.126 e. The van der Waals surface area contributed by atoms with E-state index in [1.54, 1.807) is 0 Å². The number of fused-ring (bicyclic) bond motifs is 2. The fourth-order valence-corrected chi connectivity index (χ4v) is 5.29. The Labute approximate surface area is 199 Å². The molecule has 5 N–H and O–H groups in total. The number of hydrogen-bond acceptors (Lipinski definition) is 7. The summed E-state index contributed by atoms with van der Waals surface area (Å²) in [7, 11) is 0. The molecule has 0 radical (unpaired) electrons. The third kappa shape index (κ3) is 3.99. The van der Waals surface area contributed by atoms with E-state index in [2.05, 4.69) is 67.6 Å². The van der Waals surface area contributed by atoms with Crippen LogP contribution in [0, 0.1) is 5.92 Å². The molecule has 0 spiro atoms. The number of hydrazine groups is 1. The van der Waals surface area contributed by atoms with Gasteiger partial charge in [-0.25, -0.2) is 10.4 Å². The average molecular weight is 455 g/mol. The van der Waals surface area contributed by atoms with Crippen molar-refractivity contribution in [3.8, 4) is 11.3 Å². The molecule has 174 valence electrons. The first-order chi connectivity index (χ1) is 16.8. The summed E-state index contributed by atoms with van der Waals surface area (Å²) in [5, 5.41) is 7.11. The van der Waals surface area contributed by atoms with Crippen molar-refractivity contribution < 1.29 is 0 Å². The summed E-state index contributed by atoms with van der Waals surface area (Å²) < 4.78 is 0. The molecule has 2 fully saturated rings. The standard InChI is InChI=1S/C26H30N8/c1-2-27-12-16-10-17(14-28-13-16)22-11-19-23(15-30-22)33-34-25(19)26-31-21-8-5-6-18(24(21)32-26)20-7-3-4-9-29-20/h3-10,13-14,19,22-23,25,27,30,33-34H,2,11-12,15H2,1H3,(H,31,32). The van der Waals surface area contributed by atoms with E-state index in [1.807, 2.05) is 36.8 Å². The molecule has 2 saturated heterocycles. The van der Waals surface area contributed by atoms with Crippen molar-refractivity contribution >= 4 is 11.0 Å². The third-order valence-corrected chi connectivity index (χ3v) is 7.03. The summed E-state index contributed by atoms with van der Waals surface area (Å²) in [5.74, 6) is 1.38. The lowest BCUT2D eigenvalue weighted by Crippen LogP contribution is -2.46. The van der Waals surface area contributed by atoms with Crippen molar-refractivity contribution in [3.63, 3.8) is 0 Å². The SMILES string of the molecule is CCNCc1cncc(C2CC3C(CN2)NNC3c2nc3c(-c4ccccn4)cccc3[nH]2)c1. The zero-order valence-corrected chi connectivity index (χ0v) is 19.3. The second-order valence-corrected chi connectivity index (χ2v) is 9.18. The van der Waals surface area contributed by atoms with E-state index in [9.17, 15) is 0 Å². The van der Waals surface area contributed by atoms with Crippen molar-refractivity contribution in [3.05, 3.63) is 78.0 Å². The minimum atomic E-state index is 0.108. The van der Waals surface area contributed by atoms with Crippen LogP contribution in [0.5, 0.6) is 0 Å². The van der Waals surface area contributed by atoms with Crippen LogP contribution in [0.15, 0.2) is 61.1 Å². The maximum atomic E-state index is 5.07. The molecular formula is C26H30N8. The highest BCUT2D eigenvalue weighted by Crippen LogP contribution is 2.38. The summed E-state index contributed by atoms with van der Waals surface area (Å²) in [5.41, 5.74) is 13.5. The molecule has 3 aromatic heterocycles. The first kappa shape index (κ1) is 21.4. The number of hydrogen-bond donors (Lipinski definition) is 5. The number of benzene rings is 1. The Kier molecular flexibility index (Phi) is 5.80. The van der Waals surface area contributed by atoms with Gasteiger partial charge in [0, 0.05) is 55.2 Å². The highest BCUT2D eigenvalue weighted by Gasteiger charge is 2.42. The van der Waals surface area contributed by atoms with Gasteiger partial charge in [-0.1, -0.05) is 25.1 Å². The van der Waals surface area contributed by atoms with E-state index in [-0.39, 0.29) is 12.1 Å². The highest BCUT2D eigenvalue weighted by molar-refractivity contribution is 5.90. The Morgan fingerprint density at radius 3 is 2.94 bits per heavy atom. The van der Waals surface area contributed by atoms with Crippen molar-refractivity contribution in [2.45, 2.75) is 38.0 Å². The van der Waals surface area contributed by atoms with Crippen molar-refractivity contribution in [1.29, 1.82) is 0 Å². The zero-order valence-electron chi connectivity index (χ0n) is 19.3. The molecule has 6 rings (SSSR count). The number of aromatic amines is 1. The van der Waals surface area contributed by atoms with Gasteiger partial charge in [0.05, 0.1) is 22.8 Å². The molecule has 0 aliphatic carbocycles. The summed E-state index contributed by atoms with van der Waals surface area (Å²) >= 11 is 0. The normalized spacial score (nSPS) is 24.4. The number of para-hydroxylation sites is 1. The Balaban J connectivity index is 1.27. The smallest absolute Gasteiger partial charge is 0.126 e. The van der Waals surface area contributed by atoms with Gasteiger partial charge in [-0.05, 0) is 48.4 Å². The fourth-order valence-electron chi connectivity index (χ4n) is 5.29. The Morgan fingerprint density at radius 2 is 2.06 bits per heavy atom. The minimum absolute atomic E-state index is 0.108. The van der Waals surface area contributed by atoms with Gasteiger partial charge >= 0.3 is 0 Å². The van der Waals surface area contributed by atoms with E-state index >= 15 is 0 Å². The predicted octanol–water partition coefficient (Wildman–Crippen LogP) is 3.00. The molecule has 1 aromatic carbocycles. The van der Waals surface area contributed by atoms with Gasteiger partial charge in [0.25, 0.3) is 0 Å². The van der Waals surface area contributed by atoms with Crippen molar-refractivity contribution in [2.75, 3.05) is 13.1 Å². The lowest BCUT2D eigenvalue weighted by atomic mass is 9.82. The summed E-state index contributed by atoms with van der Waals surface area (Å²) in [6.07, 6.45) is 6.78. The summed E-state index contributed by atoms with van der Waals surface area (Å²) in [6, 6.07) is 15.2. The van der Waals surface area contributed by atoms with Gasteiger partial charge in [-0.3, -0.25) is 15.4 Å². The van der Waals surface area contributed by atoms with Crippen molar-refractivity contribution in [1.82, 2.24) is 41.4 Å². The number of H-pyrrole nitrogens is 1. The molecular weight excluding hydrogens is 424 g/mol. The molecule has 4 aromatic rings. The first-order valence-corrected chi connectivity index (χ1v) is 12.1. The highest BCUT2D eigenvalue weighted by atomic mass is 15.4. The Morgan fingerprint density at radius 1 is 1.09 bits per heavy atom. The van der Waals surface area contributed by atoms with Crippen LogP contribution in [0.1, 0.15) is 42.4 Å². The molecule has 0 bridgehead atoms. The zero-order chi connectivity index (χ0) is 22.9. The number of nitrogens with one attached hydrogen (secondary N) is 5. The van der Waals surface area contributed by atoms with Crippen LogP contribution in [0.3, 0.4) is 0 Å². The fraction of sp³-hybridized carbons (Fsp3) is 0.346. The predicted molar refractivity (Wildman–Crippen MR) is 133 cm³/mol. The maximum absolute atomic E-state index is 5.07. The minimum Gasteiger partial charge on any atom is -0.341 e. The average Bonchev–Trinajstić information content (AvgIpc) is 3.51. The largest absolute Gasteiger partial charge is 0.341 e. The van der Waals surface area contributed by atoms with Crippen LogP contribution in [-0.4, -0.2) is 39.1 Å². The molecule has 5 heterocycles. The van der Waals surface area contributed by atoms with E-state index in [1.165, 1.54) is 11.1 Å².